The van der Waals surface area contributed by atoms with Crippen molar-refractivity contribution in [1.82, 2.24) is 9.78 Å². The van der Waals surface area contributed by atoms with Crippen LogP contribution in [0.5, 0.6) is 0 Å². The van der Waals surface area contributed by atoms with Gasteiger partial charge >= 0.3 is 0 Å². The molecule has 1 aromatic heterocycles. The van der Waals surface area contributed by atoms with Gasteiger partial charge in [-0.15, -0.1) is 0 Å². The van der Waals surface area contributed by atoms with E-state index in [-0.39, 0.29) is 11.8 Å². The lowest BCUT2D eigenvalue weighted by Crippen LogP contribution is -2.16. The smallest absolute Gasteiger partial charge is 0.233 e. The topological polar surface area (TPSA) is 46.9 Å². The highest BCUT2D eigenvalue weighted by atomic mass is 16.2. The summed E-state index contributed by atoms with van der Waals surface area (Å²) in [5.41, 5.74) is 4.94. The van der Waals surface area contributed by atoms with Crippen LogP contribution in [0.2, 0.25) is 0 Å². The first kappa shape index (κ1) is 15.4. The van der Waals surface area contributed by atoms with Crippen molar-refractivity contribution in [3.8, 4) is 16.9 Å². The predicted molar refractivity (Wildman–Crippen MR) is 99.6 cm³/mol. The van der Waals surface area contributed by atoms with Gasteiger partial charge < -0.3 is 5.32 Å². The Morgan fingerprint density at radius 3 is 2.48 bits per heavy atom. The van der Waals surface area contributed by atoms with Gasteiger partial charge in [0.25, 0.3) is 0 Å². The minimum Gasteiger partial charge on any atom is -0.310 e. The van der Waals surface area contributed by atoms with Crippen LogP contribution in [0, 0.1) is 12.8 Å². The van der Waals surface area contributed by atoms with E-state index in [1.54, 1.807) is 4.68 Å². The number of nitrogens with zero attached hydrogens (tertiary/aromatic N) is 2. The molecule has 3 aromatic rings. The Morgan fingerprint density at radius 1 is 1.16 bits per heavy atom. The average molecular weight is 329 g/mol. The Balaban J connectivity index is 1.73. The number of nitrogens with one attached hydrogen (secondary N) is 1. The first-order valence-corrected chi connectivity index (χ1v) is 8.33. The molecule has 0 saturated heterocycles. The van der Waals surface area contributed by atoms with Gasteiger partial charge in [-0.3, -0.25) is 4.79 Å². The maximum Gasteiger partial charge on any atom is 0.233 e. The number of anilines is 1. The standard InChI is InChI=1S/C21H19N3O/c1-14-8-10-16(11-9-14)19-13-20(22-21(25)18-12-15(18)2)24(23-19)17-6-4-3-5-7-17/h3-11,13,18H,2,12H2,1H3,(H,22,25). The van der Waals surface area contributed by atoms with E-state index in [2.05, 4.69) is 31.0 Å². The minimum absolute atomic E-state index is 0.0162. The molecule has 0 spiro atoms. The SMILES string of the molecule is C=C1CC1C(=O)Nc1cc(-c2ccc(C)cc2)nn1-c1ccccc1. The summed E-state index contributed by atoms with van der Waals surface area (Å²) >= 11 is 0. The van der Waals surface area contributed by atoms with Crippen LogP contribution in [-0.4, -0.2) is 15.7 Å². The molecule has 1 fully saturated rings. The first-order chi connectivity index (χ1) is 12.1. The third kappa shape index (κ3) is 3.11. The van der Waals surface area contributed by atoms with Gasteiger partial charge in [-0.1, -0.05) is 60.2 Å². The number of aryl methyl sites for hydroxylation is 1. The maximum atomic E-state index is 12.3. The highest BCUT2D eigenvalue weighted by Gasteiger charge is 2.35. The van der Waals surface area contributed by atoms with Crippen molar-refractivity contribution in [2.45, 2.75) is 13.3 Å². The molecule has 1 N–H and O–H groups in total. The number of amides is 1. The first-order valence-electron chi connectivity index (χ1n) is 8.33. The van der Waals surface area contributed by atoms with E-state index in [0.29, 0.717) is 5.82 Å². The second-order valence-electron chi connectivity index (χ2n) is 6.43. The van der Waals surface area contributed by atoms with E-state index < -0.39 is 0 Å². The van der Waals surface area contributed by atoms with E-state index in [9.17, 15) is 4.79 Å². The Hall–Kier alpha value is -3.14. The highest BCUT2D eigenvalue weighted by Crippen LogP contribution is 2.37. The minimum atomic E-state index is -0.0676. The van der Waals surface area contributed by atoms with Crippen molar-refractivity contribution < 1.29 is 4.79 Å². The summed E-state index contributed by atoms with van der Waals surface area (Å²) in [6.07, 6.45) is 0.774. The number of hydrogen-bond acceptors (Lipinski definition) is 2. The molecule has 2 aromatic carbocycles. The van der Waals surface area contributed by atoms with Gasteiger partial charge in [-0.2, -0.15) is 5.10 Å². The van der Waals surface area contributed by atoms with Crippen LogP contribution in [-0.2, 0) is 4.79 Å². The van der Waals surface area contributed by atoms with Crippen LogP contribution in [0.4, 0.5) is 5.82 Å². The molecule has 1 atom stereocenters. The van der Waals surface area contributed by atoms with Crippen LogP contribution >= 0.6 is 0 Å². The monoisotopic (exact) mass is 329 g/mol. The molecule has 124 valence electrons. The zero-order valence-corrected chi connectivity index (χ0v) is 14.1. The Kier molecular flexibility index (Phi) is 3.73. The largest absolute Gasteiger partial charge is 0.310 e. The maximum absolute atomic E-state index is 12.3. The summed E-state index contributed by atoms with van der Waals surface area (Å²) in [5.74, 6) is 0.589. The van der Waals surface area contributed by atoms with Crippen molar-refractivity contribution in [2.75, 3.05) is 5.32 Å². The average Bonchev–Trinajstić information content (AvgIpc) is 3.22. The van der Waals surface area contributed by atoms with Gasteiger partial charge in [0, 0.05) is 11.6 Å². The highest BCUT2D eigenvalue weighted by molar-refractivity contribution is 5.97. The molecule has 1 heterocycles. The van der Waals surface area contributed by atoms with Gasteiger partial charge in [0.2, 0.25) is 5.91 Å². The van der Waals surface area contributed by atoms with Crippen molar-refractivity contribution in [3.63, 3.8) is 0 Å². The molecular weight excluding hydrogens is 310 g/mol. The van der Waals surface area contributed by atoms with E-state index in [4.69, 9.17) is 5.10 Å². The van der Waals surface area contributed by atoms with Crippen LogP contribution in [0.3, 0.4) is 0 Å². The van der Waals surface area contributed by atoms with Gasteiger partial charge in [0.1, 0.15) is 5.82 Å². The lowest BCUT2D eigenvalue weighted by atomic mass is 10.1. The number of carbonyl (C=O) groups excluding carboxylic acids is 1. The fourth-order valence-corrected chi connectivity index (χ4v) is 2.80. The summed E-state index contributed by atoms with van der Waals surface area (Å²) in [6.45, 7) is 5.93. The molecule has 1 aliphatic rings. The van der Waals surface area contributed by atoms with Gasteiger partial charge in [0.05, 0.1) is 17.3 Å². The zero-order chi connectivity index (χ0) is 17.4. The molecular formula is C21H19N3O. The normalized spacial score (nSPS) is 15.9. The lowest BCUT2D eigenvalue weighted by Gasteiger charge is -2.08. The molecule has 1 saturated carbocycles. The van der Waals surface area contributed by atoms with Gasteiger partial charge in [-0.25, -0.2) is 4.68 Å². The van der Waals surface area contributed by atoms with Crippen molar-refractivity contribution in [2.24, 2.45) is 5.92 Å². The number of benzene rings is 2. The second kappa shape index (κ2) is 6.06. The van der Waals surface area contributed by atoms with Gasteiger partial charge in [0.15, 0.2) is 0 Å². The van der Waals surface area contributed by atoms with Crippen molar-refractivity contribution in [3.05, 3.63) is 78.4 Å². The fourth-order valence-electron chi connectivity index (χ4n) is 2.80. The Labute approximate surface area is 146 Å². The van der Waals surface area contributed by atoms with E-state index in [1.165, 1.54) is 5.56 Å². The summed E-state index contributed by atoms with van der Waals surface area (Å²) < 4.78 is 1.78. The van der Waals surface area contributed by atoms with E-state index in [0.717, 1.165) is 28.9 Å². The molecule has 0 aliphatic heterocycles. The number of rotatable bonds is 4. The molecule has 0 bridgehead atoms. The fraction of sp³-hybridized carbons (Fsp3) is 0.143. The zero-order valence-electron chi connectivity index (χ0n) is 14.1. The quantitative estimate of drug-likeness (QED) is 0.723. The number of carbonyl (C=O) groups is 1. The lowest BCUT2D eigenvalue weighted by molar-refractivity contribution is -0.117. The Morgan fingerprint density at radius 2 is 1.84 bits per heavy atom. The predicted octanol–water partition coefficient (Wildman–Crippen LogP) is 4.36. The summed E-state index contributed by atoms with van der Waals surface area (Å²) in [5, 5.41) is 7.72. The van der Waals surface area contributed by atoms with Crippen LogP contribution in [0.1, 0.15) is 12.0 Å². The summed E-state index contributed by atoms with van der Waals surface area (Å²) in [7, 11) is 0. The number of para-hydroxylation sites is 1. The number of hydrogen-bond donors (Lipinski definition) is 1. The van der Waals surface area contributed by atoms with Crippen molar-refractivity contribution >= 4 is 11.7 Å². The molecule has 4 heteroatoms. The molecule has 1 unspecified atom stereocenters. The number of aromatic nitrogens is 2. The molecule has 25 heavy (non-hydrogen) atoms. The third-order valence-electron chi connectivity index (χ3n) is 4.42. The molecule has 4 rings (SSSR count). The van der Waals surface area contributed by atoms with Crippen LogP contribution in [0.25, 0.3) is 16.9 Å². The third-order valence-corrected chi connectivity index (χ3v) is 4.42. The second-order valence-corrected chi connectivity index (χ2v) is 6.43. The van der Waals surface area contributed by atoms with E-state index >= 15 is 0 Å². The van der Waals surface area contributed by atoms with Crippen molar-refractivity contribution in [1.29, 1.82) is 0 Å². The van der Waals surface area contributed by atoms with E-state index in [1.807, 2.05) is 48.5 Å². The molecule has 1 amide bonds. The van der Waals surface area contributed by atoms with Crippen LogP contribution in [0.15, 0.2) is 72.8 Å². The summed E-state index contributed by atoms with van der Waals surface area (Å²) in [6, 6.07) is 19.9. The summed E-state index contributed by atoms with van der Waals surface area (Å²) in [4.78, 5) is 12.3. The van der Waals surface area contributed by atoms with Gasteiger partial charge in [-0.05, 0) is 25.5 Å². The van der Waals surface area contributed by atoms with Crippen LogP contribution < -0.4 is 5.32 Å². The molecule has 0 radical (unpaired) electrons. The molecule has 1 aliphatic carbocycles. The molecule has 4 nitrogen and oxygen atoms in total. The Bertz CT molecular complexity index is 939.